The number of hydrogen-bond acceptors (Lipinski definition) is 8. The normalized spacial score (nSPS) is 14.2. The van der Waals surface area contributed by atoms with Crippen LogP contribution < -0.4 is 10.2 Å². The highest BCUT2D eigenvalue weighted by atomic mass is 32.2. The number of fused-ring (bicyclic) bond motifs is 1. The summed E-state index contributed by atoms with van der Waals surface area (Å²) in [7, 11) is -3.36. The third-order valence-electron chi connectivity index (χ3n) is 4.89. The SMILES string of the molecule is CS(=O)(=O)c1ccc2nc(NC(=O)c3cc([N+](=O)[O-])ccc3N3CCCC3)sc2c1. The zero-order chi connectivity index (χ0) is 21.5. The number of rotatable bonds is 5. The number of carbonyl (C=O) groups is 1. The van der Waals surface area contributed by atoms with E-state index >= 15 is 0 Å². The fourth-order valence-electron chi connectivity index (χ4n) is 3.41. The molecule has 0 aliphatic carbocycles. The van der Waals surface area contributed by atoms with Gasteiger partial charge in [-0.1, -0.05) is 11.3 Å². The second-order valence-electron chi connectivity index (χ2n) is 7.03. The first-order valence-corrected chi connectivity index (χ1v) is 11.9. The fourth-order valence-corrected chi connectivity index (χ4v) is 5.03. The van der Waals surface area contributed by atoms with Gasteiger partial charge >= 0.3 is 0 Å². The van der Waals surface area contributed by atoms with E-state index in [1.807, 2.05) is 4.90 Å². The number of nitrogens with one attached hydrogen (secondary N) is 1. The number of hydrogen-bond donors (Lipinski definition) is 1. The van der Waals surface area contributed by atoms with Crippen LogP contribution >= 0.6 is 11.3 Å². The molecule has 1 N–H and O–H groups in total. The summed E-state index contributed by atoms with van der Waals surface area (Å²) in [6.45, 7) is 1.57. The van der Waals surface area contributed by atoms with E-state index in [0.717, 1.165) is 43.5 Å². The van der Waals surface area contributed by atoms with Crippen molar-refractivity contribution in [3.8, 4) is 0 Å². The molecule has 0 saturated carbocycles. The number of nitrogens with zero attached hydrogens (tertiary/aromatic N) is 3. The molecule has 1 aromatic heterocycles. The van der Waals surface area contributed by atoms with Gasteiger partial charge in [0.05, 0.1) is 31.3 Å². The summed E-state index contributed by atoms with van der Waals surface area (Å²) in [5, 5.41) is 14.2. The van der Waals surface area contributed by atoms with E-state index in [1.54, 1.807) is 12.1 Å². The average molecular weight is 447 g/mol. The van der Waals surface area contributed by atoms with Crippen molar-refractivity contribution in [2.75, 3.05) is 29.6 Å². The minimum absolute atomic E-state index is 0.162. The largest absolute Gasteiger partial charge is 0.371 e. The summed E-state index contributed by atoms with van der Waals surface area (Å²) in [5.41, 5.74) is 1.25. The molecule has 11 heteroatoms. The first-order valence-electron chi connectivity index (χ1n) is 9.18. The van der Waals surface area contributed by atoms with Gasteiger partial charge in [-0.15, -0.1) is 0 Å². The number of carbonyl (C=O) groups excluding carboxylic acids is 1. The van der Waals surface area contributed by atoms with Crippen LogP contribution in [0.15, 0.2) is 41.3 Å². The van der Waals surface area contributed by atoms with Crippen LogP contribution in [0.25, 0.3) is 10.2 Å². The maximum atomic E-state index is 13.0. The number of anilines is 2. The van der Waals surface area contributed by atoms with Gasteiger partial charge in [-0.05, 0) is 37.1 Å². The van der Waals surface area contributed by atoms with Crippen molar-refractivity contribution in [2.45, 2.75) is 17.7 Å². The summed E-state index contributed by atoms with van der Waals surface area (Å²) < 4.78 is 24.1. The molecule has 30 heavy (non-hydrogen) atoms. The van der Waals surface area contributed by atoms with Crippen molar-refractivity contribution in [3.05, 3.63) is 52.1 Å². The van der Waals surface area contributed by atoms with Crippen LogP contribution in [0.4, 0.5) is 16.5 Å². The Morgan fingerprint density at radius 2 is 1.93 bits per heavy atom. The Morgan fingerprint density at radius 3 is 2.60 bits per heavy atom. The molecule has 156 valence electrons. The van der Waals surface area contributed by atoms with Crippen molar-refractivity contribution in [1.29, 1.82) is 0 Å². The molecule has 1 amide bonds. The smallest absolute Gasteiger partial charge is 0.270 e. The molecule has 2 aromatic carbocycles. The van der Waals surface area contributed by atoms with Crippen molar-refractivity contribution in [2.24, 2.45) is 0 Å². The van der Waals surface area contributed by atoms with Gasteiger partial charge < -0.3 is 4.90 Å². The topological polar surface area (TPSA) is 123 Å². The molecule has 0 atom stereocenters. The molecular weight excluding hydrogens is 428 g/mol. The number of nitro benzene ring substituents is 1. The molecule has 3 aromatic rings. The highest BCUT2D eigenvalue weighted by molar-refractivity contribution is 7.90. The second-order valence-corrected chi connectivity index (χ2v) is 10.1. The van der Waals surface area contributed by atoms with Crippen LogP contribution in [0.1, 0.15) is 23.2 Å². The van der Waals surface area contributed by atoms with Crippen LogP contribution in [0.5, 0.6) is 0 Å². The molecule has 1 aliphatic heterocycles. The minimum atomic E-state index is -3.36. The van der Waals surface area contributed by atoms with Gasteiger partial charge in [0.2, 0.25) is 0 Å². The highest BCUT2D eigenvalue weighted by Gasteiger charge is 2.23. The molecular formula is C19H18N4O5S2. The van der Waals surface area contributed by atoms with Gasteiger partial charge in [0.1, 0.15) is 0 Å². The quantitative estimate of drug-likeness (QED) is 0.470. The Hall–Kier alpha value is -3.05. The number of nitro groups is 1. The Labute approximate surface area is 176 Å². The van der Waals surface area contributed by atoms with Crippen LogP contribution in [-0.4, -0.2) is 43.6 Å². The Balaban J connectivity index is 1.67. The van der Waals surface area contributed by atoms with Gasteiger partial charge in [0.25, 0.3) is 11.6 Å². The summed E-state index contributed by atoms with van der Waals surface area (Å²) in [4.78, 5) is 30.2. The predicted molar refractivity (Wildman–Crippen MR) is 115 cm³/mol. The summed E-state index contributed by atoms with van der Waals surface area (Å²) in [6.07, 6.45) is 3.12. The van der Waals surface area contributed by atoms with Crippen LogP contribution in [0.2, 0.25) is 0 Å². The molecule has 0 bridgehead atoms. The van der Waals surface area contributed by atoms with Gasteiger partial charge in [0.15, 0.2) is 15.0 Å². The average Bonchev–Trinajstić information content (AvgIpc) is 3.35. The standard InChI is InChI=1S/C19H18N4O5S2/c1-30(27,28)13-5-6-15-17(11-13)29-19(20-15)21-18(24)14-10-12(23(25)26)4-7-16(14)22-8-2-3-9-22/h4-7,10-11H,2-3,8-9H2,1H3,(H,20,21,24). The van der Waals surface area contributed by atoms with E-state index in [4.69, 9.17) is 0 Å². The van der Waals surface area contributed by atoms with E-state index in [2.05, 4.69) is 10.3 Å². The molecule has 9 nitrogen and oxygen atoms in total. The van der Waals surface area contributed by atoms with Gasteiger partial charge in [0, 0.05) is 31.5 Å². The number of benzene rings is 2. The highest BCUT2D eigenvalue weighted by Crippen LogP contribution is 2.31. The summed E-state index contributed by atoms with van der Waals surface area (Å²) in [5.74, 6) is -0.497. The first-order chi connectivity index (χ1) is 14.2. The van der Waals surface area contributed by atoms with Crippen molar-refractivity contribution >= 4 is 53.8 Å². The molecule has 0 unspecified atom stereocenters. The lowest BCUT2D eigenvalue weighted by Gasteiger charge is -2.20. The summed E-state index contributed by atoms with van der Waals surface area (Å²) >= 11 is 1.14. The van der Waals surface area contributed by atoms with Crippen LogP contribution in [0.3, 0.4) is 0 Å². The molecule has 2 heterocycles. The van der Waals surface area contributed by atoms with E-state index in [1.165, 1.54) is 24.3 Å². The maximum absolute atomic E-state index is 13.0. The molecule has 1 fully saturated rings. The van der Waals surface area contributed by atoms with Crippen molar-refractivity contribution < 1.29 is 18.1 Å². The molecule has 4 rings (SSSR count). The van der Waals surface area contributed by atoms with E-state index in [0.29, 0.717) is 21.0 Å². The Morgan fingerprint density at radius 1 is 1.20 bits per heavy atom. The minimum Gasteiger partial charge on any atom is -0.371 e. The third kappa shape index (κ3) is 3.98. The van der Waals surface area contributed by atoms with Gasteiger partial charge in [-0.25, -0.2) is 13.4 Å². The van der Waals surface area contributed by atoms with Crippen LogP contribution in [-0.2, 0) is 9.84 Å². The molecule has 0 radical (unpaired) electrons. The lowest BCUT2D eigenvalue weighted by molar-refractivity contribution is -0.384. The Kier molecular flexibility index (Phi) is 5.16. The fraction of sp³-hybridized carbons (Fsp3) is 0.263. The predicted octanol–water partition coefficient (Wildman–Crippen LogP) is 3.46. The number of amides is 1. The summed E-state index contributed by atoms with van der Waals surface area (Å²) in [6, 6.07) is 8.85. The van der Waals surface area contributed by atoms with E-state index in [-0.39, 0.29) is 16.1 Å². The van der Waals surface area contributed by atoms with E-state index in [9.17, 15) is 23.3 Å². The number of thiazole rings is 1. The van der Waals surface area contributed by atoms with Crippen LogP contribution in [0, 0.1) is 10.1 Å². The molecule has 1 saturated heterocycles. The monoisotopic (exact) mass is 446 g/mol. The molecule has 0 spiro atoms. The zero-order valence-electron chi connectivity index (χ0n) is 16.0. The number of sulfone groups is 1. The Bertz CT molecular complexity index is 1260. The number of non-ortho nitro benzene ring substituents is 1. The zero-order valence-corrected chi connectivity index (χ0v) is 17.6. The maximum Gasteiger partial charge on any atom is 0.270 e. The van der Waals surface area contributed by atoms with Gasteiger partial charge in [-0.3, -0.25) is 20.2 Å². The second kappa shape index (κ2) is 7.65. The van der Waals surface area contributed by atoms with Gasteiger partial charge in [-0.2, -0.15) is 0 Å². The first kappa shape index (κ1) is 20.2. The van der Waals surface area contributed by atoms with E-state index < -0.39 is 20.7 Å². The lowest BCUT2D eigenvalue weighted by Crippen LogP contribution is -2.23. The molecule has 1 aliphatic rings. The number of aromatic nitrogens is 1. The van der Waals surface area contributed by atoms with Crippen molar-refractivity contribution in [1.82, 2.24) is 4.98 Å². The lowest BCUT2D eigenvalue weighted by atomic mass is 10.1. The third-order valence-corrected chi connectivity index (χ3v) is 6.93. The van der Waals surface area contributed by atoms with Crippen molar-refractivity contribution in [3.63, 3.8) is 0 Å².